The summed E-state index contributed by atoms with van der Waals surface area (Å²) in [7, 11) is 0. The van der Waals surface area contributed by atoms with Gasteiger partial charge in [0, 0.05) is 30.7 Å². The number of hydrogen-bond donors (Lipinski definition) is 1. The third-order valence-electron chi connectivity index (χ3n) is 5.04. The first-order valence-corrected chi connectivity index (χ1v) is 9.65. The third kappa shape index (κ3) is 5.56. The molecule has 0 unspecified atom stereocenters. The first-order chi connectivity index (χ1) is 12.2. The van der Waals surface area contributed by atoms with Gasteiger partial charge in [-0.15, -0.1) is 0 Å². The van der Waals surface area contributed by atoms with Crippen molar-refractivity contribution >= 4 is 17.5 Å². The Labute approximate surface area is 155 Å². The van der Waals surface area contributed by atoms with Gasteiger partial charge in [0.1, 0.15) is 0 Å². The zero-order valence-electron chi connectivity index (χ0n) is 14.7. The molecule has 1 aromatic rings. The zero-order valence-corrected chi connectivity index (χ0v) is 15.4. The van der Waals surface area contributed by atoms with Crippen LogP contribution < -0.4 is 5.32 Å². The van der Waals surface area contributed by atoms with Crippen molar-refractivity contribution in [1.82, 2.24) is 10.2 Å². The lowest BCUT2D eigenvalue weighted by Gasteiger charge is -2.35. The lowest BCUT2D eigenvalue weighted by atomic mass is 9.94. The zero-order chi connectivity index (χ0) is 17.5. The van der Waals surface area contributed by atoms with Gasteiger partial charge in [-0.1, -0.05) is 35.7 Å². The highest BCUT2D eigenvalue weighted by Gasteiger charge is 2.23. The van der Waals surface area contributed by atoms with E-state index in [9.17, 15) is 4.79 Å². The molecule has 1 aliphatic heterocycles. The maximum absolute atomic E-state index is 12.3. The summed E-state index contributed by atoms with van der Waals surface area (Å²) in [5.74, 6) is 0.0316. The van der Waals surface area contributed by atoms with E-state index in [1.807, 2.05) is 30.3 Å². The molecule has 25 heavy (non-hydrogen) atoms. The molecule has 2 aliphatic rings. The normalized spacial score (nSPS) is 20.1. The Balaban J connectivity index is 1.64. The van der Waals surface area contributed by atoms with Crippen LogP contribution in [0.3, 0.4) is 0 Å². The quantitative estimate of drug-likeness (QED) is 0.812. The fraction of sp³-hybridized carbons (Fsp3) is 0.550. The molecule has 5 heteroatoms. The second-order valence-corrected chi connectivity index (χ2v) is 7.26. The smallest absolute Gasteiger partial charge is 0.243 e. The number of benzene rings is 1. The van der Waals surface area contributed by atoms with E-state index in [4.69, 9.17) is 16.3 Å². The number of halogens is 1. The Morgan fingerprint density at radius 1 is 1.16 bits per heavy atom. The molecule has 1 atom stereocenters. The predicted molar refractivity (Wildman–Crippen MR) is 101 cm³/mol. The number of carbonyl (C=O) groups excluding carboxylic acids is 1. The lowest BCUT2D eigenvalue weighted by Crippen LogP contribution is -2.43. The number of amides is 1. The molecule has 1 saturated heterocycles. The van der Waals surface area contributed by atoms with Crippen molar-refractivity contribution in [2.45, 2.75) is 38.1 Å². The van der Waals surface area contributed by atoms with Gasteiger partial charge in [-0.05, 0) is 43.4 Å². The van der Waals surface area contributed by atoms with E-state index < -0.39 is 0 Å². The molecule has 1 aliphatic carbocycles. The minimum absolute atomic E-state index is 0.0316. The van der Waals surface area contributed by atoms with Crippen LogP contribution in [0, 0.1) is 0 Å². The van der Waals surface area contributed by atoms with Gasteiger partial charge in [0.25, 0.3) is 0 Å². The van der Waals surface area contributed by atoms with Crippen molar-refractivity contribution in [3.05, 3.63) is 46.5 Å². The second-order valence-electron chi connectivity index (χ2n) is 6.82. The second kappa shape index (κ2) is 9.37. The number of allylic oxidation sites excluding steroid dienone is 1. The summed E-state index contributed by atoms with van der Waals surface area (Å²) >= 11 is 6.03. The van der Waals surface area contributed by atoms with Crippen LogP contribution >= 0.6 is 11.6 Å². The van der Waals surface area contributed by atoms with Crippen LogP contribution in [-0.4, -0.2) is 43.7 Å². The minimum atomic E-state index is 0.0316. The standard InChI is InChI=1S/C20H27ClN2O2/c21-18-8-6-17(7-9-18)19(23-10-12-25-13-11-23)15-22-20(24)14-16-4-2-1-3-5-16/h6-9,14,19H,1-5,10-13,15H2,(H,22,24)/t19-/m1/s1. The van der Waals surface area contributed by atoms with E-state index in [0.717, 1.165) is 44.2 Å². The first-order valence-electron chi connectivity index (χ1n) is 9.27. The van der Waals surface area contributed by atoms with Crippen molar-refractivity contribution in [1.29, 1.82) is 0 Å². The average Bonchev–Trinajstić information content (AvgIpc) is 2.65. The van der Waals surface area contributed by atoms with Gasteiger partial charge in [-0.25, -0.2) is 0 Å². The first kappa shape index (κ1) is 18.4. The number of rotatable bonds is 5. The molecule has 1 heterocycles. The molecule has 4 nitrogen and oxygen atoms in total. The highest BCUT2D eigenvalue weighted by molar-refractivity contribution is 6.30. The molecule has 1 saturated carbocycles. The summed E-state index contributed by atoms with van der Waals surface area (Å²) < 4.78 is 5.47. The molecule has 1 aromatic carbocycles. The predicted octanol–water partition coefficient (Wildman–Crippen LogP) is 3.72. The van der Waals surface area contributed by atoms with Crippen LogP contribution in [0.5, 0.6) is 0 Å². The van der Waals surface area contributed by atoms with Crippen molar-refractivity contribution in [3.63, 3.8) is 0 Å². The Hall–Kier alpha value is -1.36. The Morgan fingerprint density at radius 2 is 1.84 bits per heavy atom. The molecule has 0 bridgehead atoms. The van der Waals surface area contributed by atoms with Crippen LogP contribution in [-0.2, 0) is 9.53 Å². The van der Waals surface area contributed by atoms with E-state index in [0.29, 0.717) is 6.54 Å². The van der Waals surface area contributed by atoms with Gasteiger partial charge in [-0.2, -0.15) is 0 Å². The fourth-order valence-corrected chi connectivity index (χ4v) is 3.74. The summed E-state index contributed by atoms with van der Waals surface area (Å²) in [6, 6.07) is 8.07. The Morgan fingerprint density at radius 3 is 2.52 bits per heavy atom. The summed E-state index contributed by atoms with van der Waals surface area (Å²) in [5.41, 5.74) is 2.47. The van der Waals surface area contributed by atoms with Gasteiger partial charge in [-0.3, -0.25) is 9.69 Å². The molecule has 0 aromatic heterocycles. The van der Waals surface area contributed by atoms with Crippen molar-refractivity contribution in [2.24, 2.45) is 0 Å². The molecular weight excluding hydrogens is 336 g/mol. The van der Waals surface area contributed by atoms with Crippen molar-refractivity contribution in [3.8, 4) is 0 Å². The van der Waals surface area contributed by atoms with E-state index in [2.05, 4.69) is 10.2 Å². The van der Waals surface area contributed by atoms with E-state index in [1.165, 1.54) is 30.4 Å². The molecule has 3 rings (SSSR count). The van der Waals surface area contributed by atoms with E-state index >= 15 is 0 Å². The molecule has 2 fully saturated rings. The van der Waals surface area contributed by atoms with Gasteiger partial charge < -0.3 is 10.1 Å². The molecule has 1 N–H and O–H groups in total. The Bertz CT molecular complexity index is 586. The van der Waals surface area contributed by atoms with Crippen LogP contribution in [0.1, 0.15) is 43.7 Å². The van der Waals surface area contributed by atoms with Gasteiger partial charge in [0.15, 0.2) is 0 Å². The number of ether oxygens (including phenoxy) is 1. The Kier molecular flexibility index (Phi) is 6.91. The number of nitrogens with zero attached hydrogens (tertiary/aromatic N) is 1. The maximum Gasteiger partial charge on any atom is 0.243 e. The van der Waals surface area contributed by atoms with Crippen LogP contribution in [0.15, 0.2) is 35.9 Å². The SMILES string of the molecule is O=C(C=C1CCCCC1)NC[C@H](c1ccc(Cl)cc1)N1CCOCC1. The summed E-state index contributed by atoms with van der Waals surface area (Å²) in [5, 5.41) is 3.84. The third-order valence-corrected chi connectivity index (χ3v) is 5.29. The number of nitrogens with one attached hydrogen (secondary N) is 1. The van der Waals surface area contributed by atoms with Gasteiger partial charge in [0.2, 0.25) is 5.91 Å². The summed E-state index contributed by atoms with van der Waals surface area (Å²) in [6.07, 6.45) is 7.65. The molecule has 136 valence electrons. The summed E-state index contributed by atoms with van der Waals surface area (Å²) in [4.78, 5) is 14.7. The van der Waals surface area contributed by atoms with Crippen LogP contribution in [0.25, 0.3) is 0 Å². The summed E-state index contributed by atoms with van der Waals surface area (Å²) in [6.45, 7) is 3.84. The average molecular weight is 363 g/mol. The van der Waals surface area contributed by atoms with Crippen molar-refractivity contribution in [2.75, 3.05) is 32.8 Å². The minimum Gasteiger partial charge on any atom is -0.379 e. The lowest BCUT2D eigenvalue weighted by molar-refractivity contribution is -0.116. The molecular formula is C20H27ClN2O2. The maximum atomic E-state index is 12.3. The highest BCUT2D eigenvalue weighted by atomic mass is 35.5. The highest BCUT2D eigenvalue weighted by Crippen LogP contribution is 2.24. The molecule has 1 amide bonds. The van der Waals surface area contributed by atoms with Crippen LogP contribution in [0.2, 0.25) is 5.02 Å². The molecule has 0 radical (unpaired) electrons. The largest absolute Gasteiger partial charge is 0.379 e. The fourth-order valence-electron chi connectivity index (χ4n) is 3.62. The number of carbonyl (C=O) groups is 1. The van der Waals surface area contributed by atoms with Gasteiger partial charge >= 0.3 is 0 Å². The topological polar surface area (TPSA) is 41.6 Å². The van der Waals surface area contributed by atoms with Crippen molar-refractivity contribution < 1.29 is 9.53 Å². The van der Waals surface area contributed by atoms with Gasteiger partial charge in [0.05, 0.1) is 19.3 Å². The number of hydrogen-bond acceptors (Lipinski definition) is 3. The van der Waals surface area contributed by atoms with E-state index in [-0.39, 0.29) is 11.9 Å². The molecule has 0 spiro atoms. The number of morpholine rings is 1. The monoisotopic (exact) mass is 362 g/mol. The van der Waals surface area contributed by atoms with Crippen LogP contribution in [0.4, 0.5) is 0 Å². The van der Waals surface area contributed by atoms with E-state index in [1.54, 1.807) is 0 Å².